The van der Waals surface area contributed by atoms with Crippen molar-refractivity contribution in [3.8, 4) is 33.8 Å². The van der Waals surface area contributed by atoms with Gasteiger partial charge in [-0.3, -0.25) is 0 Å². The van der Waals surface area contributed by atoms with Crippen LogP contribution in [0.5, 0.6) is 11.5 Å². The molecule has 0 saturated heterocycles. The van der Waals surface area contributed by atoms with Crippen molar-refractivity contribution in [3.05, 3.63) is 84.9 Å². The van der Waals surface area contributed by atoms with Gasteiger partial charge >= 0.3 is 0 Å². The summed E-state index contributed by atoms with van der Waals surface area (Å²) in [5, 5.41) is 0. The maximum atomic E-state index is 6.02. The summed E-state index contributed by atoms with van der Waals surface area (Å²) in [6.07, 6.45) is 0. The first-order chi connectivity index (χ1) is 23.3. The van der Waals surface area contributed by atoms with Crippen LogP contribution in [0.25, 0.3) is 22.3 Å². The van der Waals surface area contributed by atoms with E-state index in [2.05, 4.69) is 72.5 Å². The molecule has 6 rings (SSSR count). The first-order valence-corrected chi connectivity index (χ1v) is 17.2. The summed E-state index contributed by atoms with van der Waals surface area (Å²) in [6.45, 7) is 9.12. The van der Waals surface area contributed by atoms with Gasteiger partial charge in [0.05, 0.1) is 77.4 Å². The van der Waals surface area contributed by atoms with Crippen LogP contribution in [0.1, 0.15) is 6.92 Å². The Hall–Kier alpha value is -3.57. The number of ether oxygens (including phenoxy) is 7. The molecule has 0 saturated carbocycles. The number of anilines is 2. The molecule has 0 radical (unpaired) electrons. The van der Waals surface area contributed by atoms with Gasteiger partial charge in [-0.1, -0.05) is 48.2 Å². The minimum absolute atomic E-state index is 0.469. The van der Waals surface area contributed by atoms with Gasteiger partial charge in [-0.2, -0.15) is 0 Å². The van der Waals surface area contributed by atoms with Crippen molar-refractivity contribution in [2.75, 3.05) is 90.7 Å². The first-order valence-electron chi connectivity index (χ1n) is 16.4. The van der Waals surface area contributed by atoms with E-state index in [1.54, 1.807) is 0 Å². The van der Waals surface area contributed by atoms with E-state index < -0.39 is 0 Å². The molecule has 8 bridgehead atoms. The molecule has 2 aliphatic heterocycles. The third kappa shape index (κ3) is 9.28. The number of hydrogen-bond donors (Lipinski definition) is 0. The van der Waals surface area contributed by atoms with Crippen LogP contribution in [0.15, 0.2) is 94.7 Å². The van der Waals surface area contributed by atoms with Gasteiger partial charge in [-0.15, -0.1) is 0 Å². The summed E-state index contributed by atoms with van der Waals surface area (Å²) in [4.78, 5) is 4.86. The molecular weight excluding hydrogens is 614 g/mol. The van der Waals surface area contributed by atoms with Crippen molar-refractivity contribution in [1.82, 2.24) is 0 Å². The second-order valence-corrected chi connectivity index (χ2v) is 12.1. The molecule has 0 aliphatic carbocycles. The van der Waals surface area contributed by atoms with Crippen LogP contribution in [0.3, 0.4) is 0 Å². The van der Waals surface area contributed by atoms with Crippen molar-refractivity contribution in [2.45, 2.75) is 16.7 Å². The Balaban J connectivity index is 1.18. The molecule has 0 spiro atoms. The molecule has 0 N–H and O–H groups in total. The monoisotopic (exact) mass is 657 g/mol. The molecule has 0 atom stereocenters. The van der Waals surface area contributed by atoms with E-state index in [9.17, 15) is 0 Å². The molecule has 9 heteroatoms. The summed E-state index contributed by atoms with van der Waals surface area (Å²) in [5.74, 6) is 1.65. The van der Waals surface area contributed by atoms with Gasteiger partial charge in [0, 0.05) is 16.3 Å². The van der Waals surface area contributed by atoms with Crippen LogP contribution < -0.4 is 14.4 Å². The van der Waals surface area contributed by atoms with Gasteiger partial charge in [-0.25, -0.2) is 0 Å². The molecule has 4 aromatic carbocycles. The second-order valence-electron chi connectivity index (χ2n) is 11.0. The van der Waals surface area contributed by atoms with Crippen molar-refractivity contribution in [1.29, 1.82) is 0 Å². The van der Waals surface area contributed by atoms with E-state index in [0.717, 1.165) is 40.3 Å². The largest absolute Gasteiger partial charge is 0.491 e. The summed E-state index contributed by atoms with van der Waals surface area (Å²) in [7, 11) is 0. The number of fused-ring (bicyclic) bond motifs is 8. The fraction of sp³-hybridized carbons (Fsp3) is 0.368. The average Bonchev–Trinajstić information content (AvgIpc) is 3.11. The molecule has 2 aliphatic rings. The van der Waals surface area contributed by atoms with Crippen molar-refractivity contribution < 1.29 is 33.2 Å². The normalized spacial score (nSPS) is 17.2. The third-order valence-corrected chi connectivity index (χ3v) is 8.95. The standard InChI is InChI=1S/C38H43NO7S/c1-2-39-35-11-9-31-27-37(35)47-38-28-32(10-12-36(38)39)30-6-4-8-34(26-30)46-24-22-44-20-18-42-16-14-40-13-15-41-17-19-43-21-23-45-33-7-3-5-29(31)25-33/h3-12,25-28H,2,13-24H2,1H3. The van der Waals surface area contributed by atoms with Gasteiger partial charge in [0.25, 0.3) is 0 Å². The molecule has 0 aromatic heterocycles. The van der Waals surface area contributed by atoms with Gasteiger partial charge in [0.15, 0.2) is 0 Å². The van der Waals surface area contributed by atoms with Gasteiger partial charge < -0.3 is 38.1 Å². The maximum Gasteiger partial charge on any atom is 0.120 e. The van der Waals surface area contributed by atoms with E-state index in [0.29, 0.717) is 79.3 Å². The molecule has 8 nitrogen and oxygen atoms in total. The van der Waals surface area contributed by atoms with Gasteiger partial charge in [0.2, 0.25) is 0 Å². The fourth-order valence-electron chi connectivity index (χ4n) is 5.54. The Labute approximate surface area is 281 Å². The highest BCUT2D eigenvalue weighted by molar-refractivity contribution is 7.99. The zero-order chi connectivity index (χ0) is 32.1. The van der Waals surface area contributed by atoms with E-state index >= 15 is 0 Å². The second kappa shape index (κ2) is 17.5. The van der Waals surface area contributed by atoms with Crippen molar-refractivity contribution in [3.63, 3.8) is 0 Å². The quantitative estimate of drug-likeness (QED) is 0.207. The molecular formula is C38H43NO7S. The minimum atomic E-state index is 0.469. The van der Waals surface area contributed by atoms with E-state index in [-0.39, 0.29) is 0 Å². The van der Waals surface area contributed by atoms with Crippen LogP contribution in [0, 0.1) is 0 Å². The van der Waals surface area contributed by atoms with Crippen molar-refractivity contribution in [2.24, 2.45) is 0 Å². The van der Waals surface area contributed by atoms with Crippen LogP contribution in [-0.2, 0) is 23.7 Å². The predicted molar refractivity (Wildman–Crippen MR) is 186 cm³/mol. The highest BCUT2D eigenvalue weighted by atomic mass is 32.2. The predicted octanol–water partition coefficient (Wildman–Crippen LogP) is 7.50. The zero-order valence-electron chi connectivity index (χ0n) is 27.0. The smallest absolute Gasteiger partial charge is 0.120 e. The van der Waals surface area contributed by atoms with Crippen LogP contribution in [0.2, 0.25) is 0 Å². The Bertz CT molecular complexity index is 1470. The van der Waals surface area contributed by atoms with E-state index in [4.69, 9.17) is 33.2 Å². The molecule has 2 heterocycles. The van der Waals surface area contributed by atoms with Crippen LogP contribution in [0.4, 0.5) is 11.4 Å². The molecule has 0 fully saturated rings. The highest BCUT2D eigenvalue weighted by Crippen LogP contribution is 2.50. The first kappa shape index (κ1) is 33.3. The zero-order valence-corrected chi connectivity index (χ0v) is 27.8. The highest BCUT2D eigenvalue weighted by Gasteiger charge is 2.23. The number of rotatable bonds is 1. The Kier molecular flexibility index (Phi) is 12.4. The Morgan fingerprint density at radius 3 is 1.26 bits per heavy atom. The van der Waals surface area contributed by atoms with Gasteiger partial charge in [-0.05, 0) is 77.7 Å². The Morgan fingerprint density at radius 2 is 0.851 bits per heavy atom. The Morgan fingerprint density at radius 1 is 0.468 bits per heavy atom. The summed E-state index contributed by atoms with van der Waals surface area (Å²) < 4.78 is 40.1. The lowest BCUT2D eigenvalue weighted by Crippen LogP contribution is -2.20. The molecule has 47 heavy (non-hydrogen) atoms. The molecule has 4 aromatic rings. The maximum absolute atomic E-state index is 6.02. The summed E-state index contributed by atoms with van der Waals surface area (Å²) in [6, 6.07) is 29.9. The summed E-state index contributed by atoms with van der Waals surface area (Å²) >= 11 is 1.82. The molecule has 0 amide bonds. The minimum Gasteiger partial charge on any atom is -0.491 e. The third-order valence-electron chi connectivity index (χ3n) is 7.85. The van der Waals surface area contributed by atoms with E-state index in [1.807, 2.05) is 36.0 Å². The van der Waals surface area contributed by atoms with Crippen molar-refractivity contribution >= 4 is 23.1 Å². The number of benzene rings is 4. The summed E-state index contributed by atoms with van der Waals surface area (Å²) in [5.41, 5.74) is 6.99. The lowest BCUT2D eigenvalue weighted by molar-refractivity contribution is -0.0141. The lowest BCUT2D eigenvalue weighted by atomic mass is 10.0. The molecule has 0 unspecified atom stereocenters. The number of nitrogens with zero attached hydrogens (tertiary/aromatic N) is 1. The topological polar surface area (TPSA) is 67.9 Å². The van der Waals surface area contributed by atoms with E-state index in [1.165, 1.54) is 21.2 Å². The number of hydrogen-bond acceptors (Lipinski definition) is 9. The SMILES string of the molecule is CCN1c2ccc3cc2Sc2cc(ccc21)-c1cccc(c1)OCCOCCOCCOCCOCCOCCOc1cccc-3c1. The lowest BCUT2D eigenvalue weighted by Gasteiger charge is -2.32. The van der Waals surface area contributed by atoms with Gasteiger partial charge in [0.1, 0.15) is 24.7 Å². The fourth-order valence-corrected chi connectivity index (χ4v) is 6.71. The average molecular weight is 658 g/mol. The van der Waals surface area contributed by atoms with Crippen LogP contribution in [-0.4, -0.2) is 85.8 Å². The van der Waals surface area contributed by atoms with Crippen LogP contribution >= 0.6 is 11.8 Å². The molecule has 248 valence electrons.